The molecule has 0 aliphatic rings. The number of hydrogen-bond acceptors (Lipinski definition) is 5. The Hall–Kier alpha value is -3.19. The standard InChI is InChI=1S/C20H19N3O3S/c1-2-14-6-8-15(9-7-14)19(24)22-23-20(25)16-4-3-5-18(10-16)26-11-17-12-27-13-21-17/h3-10,12-13H,2,11H2,1H3,(H,22,24)(H,23,25). The molecule has 0 fully saturated rings. The van der Waals surface area contributed by atoms with Crippen molar-refractivity contribution in [3.8, 4) is 5.75 Å². The maximum absolute atomic E-state index is 12.3. The van der Waals surface area contributed by atoms with Gasteiger partial charge in [0, 0.05) is 16.5 Å². The van der Waals surface area contributed by atoms with Gasteiger partial charge in [-0.1, -0.05) is 25.1 Å². The maximum Gasteiger partial charge on any atom is 0.269 e. The van der Waals surface area contributed by atoms with Crippen LogP contribution in [0.2, 0.25) is 0 Å². The van der Waals surface area contributed by atoms with E-state index in [1.54, 1.807) is 41.9 Å². The fourth-order valence-corrected chi connectivity index (χ4v) is 2.89. The van der Waals surface area contributed by atoms with Crippen molar-refractivity contribution in [2.45, 2.75) is 20.0 Å². The van der Waals surface area contributed by atoms with E-state index in [0.29, 0.717) is 23.5 Å². The molecular weight excluding hydrogens is 362 g/mol. The summed E-state index contributed by atoms with van der Waals surface area (Å²) in [4.78, 5) is 28.5. The first kappa shape index (κ1) is 18.6. The number of nitrogens with zero attached hydrogens (tertiary/aromatic N) is 1. The van der Waals surface area contributed by atoms with Crippen LogP contribution in [-0.4, -0.2) is 16.8 Å². The van der Waals surface area contributed by atoms with Crippen LogP contribution in [0.25, 0.3) is 0 Å². The highest BCUT2D eigenvalue weighted by molar-refractivity contribution is 7.07. The van der Waals surface area contributed by atoms with E-state index in [2.05, 4.69) is 15.8 Å². The van der Waals surface area contributed by atoms with Crippen molar-refractivity contribution in [3.63, 3.8) is 0 Å². The third kappa shape index (κ3) is 5.15. The summed E-state index contributed by atoms with van der Waals surface area (Å²) in [5.41, 5.74) is 9.41. The fourth-order valence-electron chi connectivity index (χ4n) is 2.34. The number of amides is 2. The van der Waals surface area contributed by atoms with Crippen molar-refractivity contribution in [1.82, 2.24) is 15.8 Å². The molecule has 0 bridgehead atoms. The molecule has 27 heavy (non-hydrogen) atoms. The largest absolute Gasteiger partial charge is 0.487 e. The molecule has 0 unspecified atom stereocenters. The minimum atomic E-state index is -0.423. The first-order valence-corrected chi connectivity index (χ1v) is 9.39. The van der Waals surface area contributed by atoms with Gasteiger partial charge in [0.25, 0.3) is 11.8 Å². The number of rotatable bonds is 6. The third-order valence-electron chi connectivity index (χ3n) is 3.88. The van der Waals surface area contributed by atoms with E-state index in [9.17, 15) is 9.59 Å². The number of ether oxygens (including phenoxy) is 1. The van der Waals surface area contributed by atoms with Gasteiger partial charge in [0.15, 0.2) is 0 Å². The smallest absolute Gasteiger partial charge is 0.269 e. The van der Waals surface area contributed by atoms with Crippen molar-refractivity contribution in [2.24, 2.45) is 0 Å². The van der Waals surface area contributed by atoms with Gasteiger partial charge in [-0.05, 0) is 42.3 Å². The lowest BCUT2D eigenvalue weighted by molar-refractivity contribution is 0.0846. The molecule has 138 valence electrons. The van der Waals surface area contributed by atoms with Gasteiger partial charge in [0.2, 0.25) is 0 Å². The van der Waals surface area contributed by atoms with Gasteiger partial charge in [-0.3, -0.25) is 20.4 Å². The number of carbonyl (C=O) groups excluding carboxylic acids is 2. The lowest BCUT2D eigenvalue weighted by Gasteiger charge is -2.09. The summed E-state index contributed by atoms with van der Waals surface area (Å²) in [7, 11) is 0. The van der Waals surface area contributed by atoms with Crippen molar-refractivity contribution in [3.05, 3.63) is 81.8 Å². The minimum absolute atomic E-state index is 0.332. The van der Waals surface area contributed by atoms with Gasteiger partial charge >= 0.3 is 0 Å². The number of aryl methyl sites for hydroxylation is 1. The molecule has 1 heterocycles. The molecule has 2 amide bonds. The second-order valence-corrected chi connectivity index (χ2v) is 6.47. The number of benzene rings is 2. The number of thiazole rings is 1. The van der Waals surface area contributed by atoms with Crippen LogP contribution < -0.4 is 15.6 Å². The zero-order valence-electron chi connectivity index (χ0n) is 14.8. The Bertz CT molecular complexity index is 908. The maximum atomic E-state index is 12.3. The quantitative estimate of drug-likeness (QED) is 0.642. The predicted octanol–water partition coefficient (Wildman–Crippen LogP) is 3.36. The molecule has 3 aromatic rings. The molecule has 0 aliphatic carbocycles. The van der Waals surface area contributed by atoms with Crippen LogP contribution in [0.3, 0.4) is 0 Å². The minimum Gasteiger partial charge on any atom is -0.487 e. The Kier molecular flexibility index (Phi) is 6.17. The molecule has 2 aromatic carbocycles. The van der Waals surface area contributed by atoms with E-state index < -0.39 is 5.91 Å². The predicted molar refractivity (Wildman–Crippen MR) is 104 cm³/mol. The Labute approximate surface area is 161 Å². The van der Waals surface area contributed by atoms with Crippen LogP contribution in [0, 0.1) is 0 Å². The van der Waals surface area contributed by atoms with Crippen LogP contribution in [0.1, 0.15) is 38.9 Å². The van der Waals surface area contributed by atoms with Crippen LogP contribution in [0.15, 0.2) is 59.4 Å². The zero-order valence-corrected chi connectivity index (χ0v) is 15.6. The molecule has 0 spiro atoms. The average Bonchev–Trinajstić information content (AvgIpc) is 3.24. The van der Waals surface area contributed by atoms with E-state index in [1.165, 1.54) is 11.3 Å². The molecule has 3 rings (SSSR count). The van der Waals surface area contributed by atoms with Crippen molar-refractivity contribution in [1.29, 1.82) is 0 Å². The number of carbonyl (C=O) groups is 2. The van der Waals surface area contributed by atoms with Gasteiger partial charge in [0.05, 0.1) is 11.2 Å². The van der Waals surface area contributed by atoms with Gasteiger partial charge in [0.1, 0.15) is 12.4 Å². The van der Waals surface area contributed by atoms with Crippen molar-refractivity contribution in [2.75, 3.05) is 0 Å². The van der Waals surface area contributed by atoms with Crippen LogP contribution in [0.4, 0.5) is 0 Å². The first-order valence-electron chi connectivity index (χ1n) is 8.45. The Morgan fingerprint density at radius 3 is 2.44 bits per heavy atom. The molecule has 2 N–H and O–H groups in total. The summed E-state index contributed by atoms with van der Waals surface area (Å²) in [5.74, 6) is -0.244. The topological polar surface area (TPSA) is 80.3 Å². The molecule has 0 saturated carbocycles. The first-order chi connectivity index (χ1) is 13.2. The highest BCUT2D eigenvalue weighted by Gasteiger charge is 2.10. The summed E-state index contributed by atoms with van der Waals surface area (Å²) >= 11 is 1.50. The van der Waals surface area contributed by atoms with Crippen molar-refractivity contribution >= 4 is 23.2 Å². The zero-order chi connectivity index (χ0) is 19.1. The summed E-state index contributed by atoms with van der Waals surface area (Å²) in [5, 5.41) is 1.90. The molecule has 7 heteroatoms. The SMILES string of the molecule is CCc1ccc(C(=O)NNC(=O)c2cccc(OCc3cscn3)c2)cc1. The monoisotopic (exact) mass is 381 g/mol. The van der Waals surface area contributed by atoms with E-state index >= 15 is 0 Å². The third-order valence-corrected chi connectivity index (χ3v) is 4.52. The second-order valence-electron chi connectivity index (χ2n) is 5.76. The number of aromatic nitrogens is 1. The number of nitrogens with one attached hydrogen (secondary N) is 2. The molecule has 0 atom stereocenters. The van der Waals surface area contributed by atoms with E-state index in [1.807, 2.05) is 24.4 Å². The second kappa shape index (κ2) is 8.95. The fraction of sp³-hybridized carbons (Fsp3) is 0.150. The van der Waals surface area contributed by atoms with Crippen LogP contribution in [0.5, 0.6) is 5.75 Å². The molecular formula is C20H19N3O3S. The molecule has 0 aliphatic heterocycles. The molecule has 0 radical (unpaired) electrons. The summed E-state index contributed by atoms with van der Waals surface area (Å²) < 4.78 is 5.63. The summed E-state index contributed by atoms with van der Waals surface area (Å²) in [6, 6.07) is 14.0. The normalized spacial score (nSPS) is 10.3. The lowest BCUT2D eigenvalue weighted by atomic mass is 10.1. The van der Waals surface area contributed by atoms with Crippen LogP contribution >= 0.6 is 11.3 Å². The molecule has 1 aromatic heterocycles. The number of hydrazine groups is 1. The molecule has 6 nitrogen and oxygen atoms in total. The Morgan fingerprint density at radius 2 is 1.78 bits per heavy atom. The molecule has 0 saturated heterocycles. The summed E-state index contributed by atoms with van der Waals surface area (Å²) in [6.07, 6.45) is 0.902. The van der Waals surface area contributed by atoms with Crippen molar-refractivity contribution < 1.29 is 14.3 Å². The number of hydrogen-bond donors (Lipinski definition) is 2. The van der Waals surface area contributed by atoms with E-state index in [0.717, 1.165) is 17.7 Å². The van der Waals surface area contributed by atoms with Crippen LogP contribution in [-0.2, 0) is 13.0 Å². The van der Waals surface area contributed by atoms with Gasteiger partial charge in [-0.2, -0.15) is 0 Å². The average molecular weight is 381 g/mol. The van der Waals surface area contributed by atoms with E-state index in [4.69, 9.17) is 4.74 Å². The van der Waals surface area contributed by atoms with E-state index in [-0.39, 0.29) is 5.91 Å². The van der Waals surface area contributed by atoms with Gasteiger partial charge in [-0.15, -0.1) is 11.3 Å². The summed E-state index contributed by atoms with van der Waals surface area (Å²) in [6.45, 7) is 2.38. The Morgan fingerprint density at radius 1 is 1.04 bits per heavy atom. The van der Waals surface area contributed by atoms with Gasteiger partial charge in [-0.25, -0.2) is 4.98 Å². The van der Waals surface area contributed by atoms with Gasteiger partial charge < -0.3 is 4.74 Å². The highest BCUT2D eigenvalue weighted by Crippen LogP contribution is 2.15. The highest BCUT2D eigenvalue weighted by atomic mass is 32.1. The lowest BCUT2D eigenvalue weighted by Crippen LogP contribution is -2.41. The Balaban J connectivity index is 1.55.